The molecule has 4 nitrogen and oxygen atoms in total. The second-order valence-corrected chi connectivity index (χ2v) is 5.70. The third-order valence-electron chi connectivity index (χ3n) is 2.53. The van der Waals surface area contributed by atoms with E-state index in [1.54, 1.807) is 12.1 Å². The van der Waals surface area contributed by atoms with Gasteiger partial charge >= 0.3 is 0 Å². The molecule has 84 valence electrons. The molecule has 0 aliphatic heterocycles. The van der Waals surface area contributed by atoms with Gasteiger partial charge in [-0.25, -0.2) is 13.1 Å². The molecule has 1 N–H and O–H groups in total. The summed E-state index contributed by atoms with van der Waals surface area (Å²) in [6.45, 7) is 0.499. The lowest BCUT2D eigenvalue weighted by Crippen LogP contribution is -2.25. The molecule has 0 radical (unpaired) electrons. The number of nitriles is 1. The van der Waals surface area contributed by atoms with Crippen molar-refractivity contribution in [3.8, 4) is 6.07 Å². The highest BCUT2D eigenvalue weighted by atomic mass is 32.2. The van der Waals surface area contributed by atoms with E-state index in [1.807, 2.05) is 6.07 Å². The predicted octanol–water partition coefficient (Wildman–Crippen LogP) is 1.25. The van der Waals surface area contributed by atoms with Crippen LogP contribution in [-0.2, 0) is 10.0 Å². The first-order valence-corrected chi connectivity index (χ1v) is 6.60. The predicted molar refractivity (Wildman–Crippen MR) is 59.1 cm³/mol. The highest BCUT2D eigenvalue weighted by Gasteiger charge is 2.24. The lowest BCUT2D eigenvalue weighted by atomic mass is 10.2. The Morgan fingerprint density at radius 1 is 1.44 bits per heavy atom. The van der Waals surface area contributed by atoms with Crippen LogP contribution in [0.3, 0.4) is 0 Å². The number of rotatable bonds is 4. The second kappa shape index (κ2) is 4.24. The Hall–Kier alpha value is -1.38. The van der Waals surface area contributed by atoms with Crippen LogP contribution in [0.4, 0.5) is 0 Å². The molecule has 2 rings (SSSR count). The summed E-state index contributed by atoms with van der Waals surface area (Å²) in [6, 6.07) is 7.96. The summed E-state index contributed by atoms with van der Waals surface area (Å²) in [5.74, 6) is 0.494. The minimum absolute atomic E-state index is 0.159. The fourth-order valence-electron chi connectivity index (χ4n) is 1.37. The van der Waals surface area contributed by atoms with E-state index >= 15 is 0 Å². The molecule has 0 spiro atoms. The average Bonchev–Trinajstić information content (AvgIpc) is 3.10. The van der Waals surface area contributed by atoms with Gasteiger partial charge in [-0.3, -0.25) is 0 Å². The Bertz CT molecular complexity index is 527. The van der Waals surface area contributed by atoms with Gasteiger partial charge in [-0.2, -0.15) is 5.26 Å². The van der Waals surface area contributed by atoms with Gasteiger partial charge in [0, 0.05) is 6.54 Å². The smallest absolute Gasteiger partial charge is 0.211 e. The van der Waals surface area contributed by atoms with Gasteiger partial charge in [0.2, 0.25) is 10.0 Å². The van der Waals surface area contributed by atoms with Crippen LogP contribution in [0.15, 0.2) is 29.2 Å². The maximum atomic E-state index is 11.8. The monoisotopic (exact) mass is 236 g/mol. The van der Waals surface area contributed by atoms with Crippen LogP contribution in [0.2, 0.25) is 0 Å². The number of hydrogen-bond acceptors (Lipinski definition) is 3. The van der Waals surface area contributed by atoms with Gasteiger partial charge in [0.1, 0.15) is 0 Å². The molecule has 0 bridgehead atoms. The number of benzene rings is 1. The summed E-state index contributed by atoms with van der Waals surface area (Å²) < 4.78 is 26.2. The molecule has 1 aliphatic carbocycles. The first-order valence-electron chi connectivity index (χ1n) is 5.11. The second-order valence-electron chi connectivity index (χ2n) is 3.93. The van der Waals surface area contributed by atoms with Gasteiger partial charge < -0.3 is 0 Å². The van der Waals surface area contributed by atoms with Gasteiger partial charge in [0.05, 0.1) is 16.5 Å². The van der Waals surface area contributed by atoms with Crippen LogP contribution in [0, 0.1) is 17.2 Å². The number of sulfonamides is 1. The van der Waals surface area contributed by atoms with Crippen molar-refractivity contribution in [3.05, 3.63) is 29.8 Å². The molecule has 1 aromatic rings. The summed E-state index contributed by atoms with van der Waals surface area (Å²) >= 11 is 0. The summed E-state index contributed by atoms with van der Waals surface area (Å²) in [4.78, 5) is 0.159. The van der Waals surface area contributed by atoms with Crippen molar-refractivity contribution in [3.63, 3.8) is 0 Å². The number of nitrogens with one attached hydrogen (secondary N) is 1. The van der Waals surface area contributed by atoms with E-state index in [1.165, 1.54) is 12.1 Å². The minimum atomic E-state index is -3.45. The Labute approximate surface area is 95.0 Å². The fraction of sp³-hybridized carbons (Fsp3) is 0.364. The highest BCUT2D eigenvalue weighted by Crippen LogP contribution is 2.28. The molecule has 0 atom stereocenters. The van der Waals surface area contributed by atoms with Crippen LogP contribution in [0.25, 0.3) is 0 Å². The van der Waals surface area contributed by atoms with Crippen molar-refractivity contribution in [2.75, 3.05) is 6.54 Å². The fourth-order valence-corrected chi connectivity index (χ4v) is 2.53. The molecule has 0 unspecified atom stereocenters. The van der Waals surface area contributed by atoms with Crippen LogP contribution in [0.5, 0.6) is 0 Å². The molecule has 1 saturated carbocycles. The summed E-state index contributed by atoms with van der Waals surface area (Å²) in [6.07, 6.45) is 2.20. The highest BCUT2D eigenvalue weighted by molar-refractivity contribution is 7.89. The summed E-state index contributed by atoms with van der Waals surface area (Å²) in [5, 5.41) is 8.69. The molecule has 0 saturated heterocycles. The zero-order valence-electron chi connectivity index (χ0n) is 8.68. The van der Waals surface area contributed by atoms with Gasteiger partial charge in [-0.1, -0.05) is 6.07 Å². The van der Waals surface area contributed by atoms with Crippen LogP contribution in [-0.4, -0.2) is 15.0 Å². The minimum Gasteiger partial charge on any atom is -0.211 e. The Balaban J connectivity index is 2.17. The van der Waals surface area contributed by atoms with E-state index in [0.717, 1.165) is 12.8 Å². The Kier molecular flexibility index (Phi) is 2.95. The lowest BCUT2D eigenvalue weighted by molar-refractivity contribution is 0.577. The standard InChI is InChI=1S/C11H12N2O2S/c12-7-10-2-1-3-11(6-10)16(14,15)13-8-9-4-5-9/h1-3,6,9,13H,4-5,8H2. The normalized spacial score (nSPS) is 15.7. The maximum Gasteiger partial charge on any atom is 0.240 e. The van der Waals surface area contributed by atoms with Crippen molar-refractivity contribution in [2.24, 2.45) is 5.92 Å². The topological polar surface area (TPSA) is 70.0 Å². The molecular formula is C11H12N2O2S. The van der Waals surface area contributed by atoms with Crippen LogP contribution in [0.1, 0.15) is 18.4 Å². The van der Waals surface area contributed by atoms with Crippen LogP contribution < -0.4 is 4.72 Å². The number of hydrogen-bond donors (Lipinski definition) is 1. The molecule has 1 fully saturated rings. The van der Waals surface area contributed by atoms with E-state index in [2.05, 4.69) is 4.72 Å². The van der Waals surface area contributed by atoms with Crippen molar-refractivity contribution >= 4 is 10.0 Å². The van der Waals surface area contributed by atoms with E-state index in [9.17, 15) is 8.42 Å². The van der Waals surface area contributed by atoms with Crippen molar-refractivity contribution < 1.29 is 8.42 Å². The lowest BCUT2D eigenvalue weighted by Gasteiger charge is -2.05. The van der Waals surface area contributed by atoms with Crippen molar-refractivity contribution in [2.45, 2.75) is 17.7 Å². The van der Waals surface area contributed by atoms with E-state index in [0.29, 0.717) is 18.0 Å². The molecule has 0 aromatic heterocycles. The molecule has 5 heteroatoms. The zero-order chi connectivity index (χ0) is 11.6. The van der Waals surface area contributed by atoms with Gasteiger partial charge in [-0.15, -0.1) is 0 Å². The van der Waals surface area contributed by atoms with Crippen molar-refractivity contribution in [1.29, 1.82) is 5.26 Å². The molecule has 16 heavy (non-hydrogen) atoms. The Morgan fingerprint density at radius 3 is 2.81 bits per heavy atom. The van der Waals surface area contributed by atoms with E-state index in [4.69, 9.17) is 5.26 Å². The first kappa shape index (κ1) is 11.1. The van der Waals surface area contributed by atoms with Gasteiger partial charge in [0.15, 0.2) is 0 Å². The molecule has 0 amide bonds. The SMILES string of the molecule is N#Cc1cccc(S(=O)(=O)NCC2CC2)c1. The quantitative estimate of drug-likeness (QED) is 0.855. The summed E-state index contributed by atoms with van der Waals surface area (Å²) in [7, 11) is -3.45. The van der Waals surface area contributed by atoms with Crippen molar-refractivity contribution in [1.82, 2.24) is 4.72 Å². The molecular weight excluding hydrogens is 224 g/mol. The van der Waals surface area contributed by atoms with E-state index in [-0.39, 0.29) is 4.90 Å². The van der Waals surface area contributed by atoms with E-state index < -0.39 is 10.0 Å². The van der Waals surface area contributed by atoms with Gasteiger partial charge in [-0.05, 0) is 37.0 Å². The third-order valence-corrected chi connectivity index (χ3v) is 3.95. The molecule has 1 aliphatic rings. The zero-order valence-corrected chi connectivity index (χ0v) is 9.50. The summed E-state index contributed by atoms with van der Waals surface area (Å²) in [5.41, 5.74) is 0.356. The first-order chi connectivity index (χ1) is 7.62. The van der Waals surface area contributed by atoms with Gasteiger partial charge in [0.25, 0.3) is 0 Å². The average molecular weight is 236 g/mol. The maximum absolute atomic E-state index is 11.8. The Morgan fingerprint density at radius 2 is 2.19 bits per heavy atom. The molecule has 0 heterocycles. The third kappa shape index (κ3) is 2.60. The number of nitrogens with zero attached hydrogens (tertiary/aromatic N) is 1. The largest absolute Gasteiger partial charge is 0.240 e. The van der Waals surface area contributed by atoms with Crippen LogP contribution >= 0.6 is 0 Å². The molecule has 1 aromatic carbocycles.